The Morgan fingerprint density at radius 2 is 1.95 bits per heavy atom. The lowest BCUT2D eigenvalue weighted by Gasteiger charge is -2.35. The SMILES string of the molecule is NCCC(C(=O)O)N1CCC(Cc2ccccc2)CC1. The Morgan fingerprint density at radius 1 is 1.30 bits per heavy atom. The first-order valence-electron chi connectivity index (χ1n) is 7.41. The van der Waals surface area contributed by atoms with E-state index in [1.807, 2.05) is 6.07 Å². The fourth-order valence-electron chi connectivity index (χ4n) is 3.04. The number of nitrogens with two attached hydrogens (primary N) is 1. The van der Waals surface area contributed by atoms with Crippen LogP contribution in [0.15, 0.2) is 30.3 Å². The molecule has 0 amide bonds. The number of aliphatic carboxylic acids is 1. The average molecular weight is 276 g/mol. The molecule has 20 heavy (non-hydrogen) atoms. The van der Waals surface area contributed by atoms with E-state index in [1.54, 1.807) is 0 Å². The highest BCUT2D eigenvalue weighted by Crippen LogP contribution is 2.23. The van der Waals surface area contributed by atoms with E-state index in [9.17, 15) is 9.90 Å². The van der Waals surface area contributed by atoms with Crippen LogP contribution in [0.5, 0.6) is 0 Å². The van der Waals surface area contributed by atoms with Gasteiger partial charge in [-0.05, 0) is 56.8 Å². The summed E-state index contributed by atoms with van der Waals surface area (Å²) in [4.78, 5) is 13.3. The molecule has 110 valence electrons. The number of likely N-dealkylation sites (tertiary alicyclic amines) is 1. The van der Waals surface area contributed by atoms with Crippen molar-refractivity contribution in [2.75, 3.05) is 19.6 Å². The van der Waals surface area contributed by atoms with E-state index in [2.05, 4.69) is 29.2 Å². The number of hydrogen-bond donors (Lipinski definition) is 2. The second kappa shape index (κ2) is 7.41. The van der Waals surface area contributed by atoms with Crippen molar-refractivity contribution in [1.82, 2.24) is 4.90 Å². The van der Waals surface area contributed by atoms with Crippen LogP contribution in [-0.4, -0.2) is 41.7 Å². The van der Waals surface area contributed by atoms with Crippen LogP contribution in [0.2, 0.25) is 0 Å². The standard InChI is InChI=1S/C16H24N2O2/c17-9-6-15(16(19)20)18-10-7-14(8-11-18)12-13-4-2-1-3-5-13/h1-5,14-15H,6-12,17H2,(H,19,20). The number of carboxylic acids is 1. The van der Waals surface area contributed by atoms with Crippen LogP contribution in [0, 0.1) is 5.92 Å². The van der Waals surface area contributed by atoms with Gasteiger partial charge in [0.15, 0.2) is 0 Å². The lowest BCUT2D eigenvalue weighted by atomic mass is 9.89. The van der Waals surface area contributed by atoms with Crippen molar-refractivity contribution in [2.45, 2.75) is 31.7 Å². The van der Waals surface area contributed by atoms with E-state index in [-0.39, 0.29) is 0 Å². The molecule has 3 N–H and O–H groups in total. The summed E-state index contributed by atoms with van der Waals surface area (Å²) < 4.78 is 0. The molecule has 1 atom stereocenters. The van der Waals surface area contributed by atoms with Crippen LogP contribution in [0.25, 0.3) is 0 Å². The van der Waals surface area contributed by atoms with Crippen LogP contribution in [-0.2, 0) is 11.2 Å². The molecule has 2 rings (SSSR count). The van der Waals surface area contributed by atoms with Crippen LogP contribution >= 0.6 is 0 Å². The molecule has 4 nitrogen and oxygen atoms in total. The van der Waals surface area contributed by atoms with E-state index in [0.717, 1.165) is 32.4 Å². The van der Waals surface area contributed by atoms with Gasteiger partial charge in [0.2, 0.25) is 0 Å². The van der Waals surface area contributed by atoms with Crippen LogP contribution in [0.4, 0.5) is 0 Å². The lowest BCUT2D eigenvalue weighted by molar-refractivity contribution is -0.144. The minimum atomic E-state index is -0.739. The molecule has 1 unspecified atom stereocenters. The third-order valence-corrected chi connectivity index (χ3v) is 4.18. The molecule has 0 saturated carbocycles. The summed E-state index contributed by atoms with van der Waals surface area (Å²) in [6, 6.07) is 10.1. The highest BCUT2D eigenvalue weighted by Gasteiger charge is 2.28. The molecule has 1 heterocycles. The van der Waals surface area contributed by atoms with E-state index < -0.39 is 12.0 Å². The first-order chi connectivity index (χ1) is 9.70. The van der Waals surface area contributed by atoms with Gasteiger partial charge in [-0.25, -0.2) is 0 Å². The van der Waals surface area contributed by atoms with Crippen molar-refractivity contribution in [3.63, 3.8) is 0 Å². The zero-order valence-electron chi connectivity index (χ0n) is 11.9. The van der Waals surface area contributed by atoms with E-state index in [0.29, 0.717) is 18.9 Å². The molecule has 1 aliphatic rings. The van der Waals surface area contributed by atoms with Crippen molar-refractivity contribution < 1.29 is 9.90 Å². The van der Waals surface area contributed by atoms with E-state index in [4.69, 9.17) is 5.73 Å². The summed E-state index contributed by atoms with van der Waals surface area (Å²) >= 11 is 0. The summed E-state index contributed by atoms with van der Waals surface area (Å²) in [5, 5.41) is 9.26. The van der Waals surface area contributed by atoms with E-state index >= 15 is 0 Å². The number of hydrogen-bond acceptors (Lipinski definition) is 3. The smallest absolute Gasteiger partial charge is 0.320 e. The number of rotatable bonds is 6. The van der Waals surface area contributed by atoms with Gasteiger partial charge in [-0.3, -0.25) is 9.69 Å². The summed E-state index contributed by atoms with van der Waals surface area (Å²) in [5.41, 5.74) is 6.89. The Hall–Kier alpha value is -1.39. The number of carboxylic acid groups (broad SMARTS) is 1. The maximum atomic E-state index is 11.3. The predicted molar refractivity (Wildman–Crippen MR) is 79.5 cm³/mol. The lowest BCUT2D eigenvalue weighted by Crippen LogP contribution is -2.46. The van der Waals surface area contributed by atoms with E-state index in [1.165, 1.54) is 5.56 Å². The third-order valence-electron chi connectivity index (χ3n) is 4.18. The quantitative estimate of drug-likeness (QED) is 0.830. The van der Waals surface area contributed by atoms with Gasteiger partial charge in [0, 0.05) is 0 Å². The van der Waals surface area contributed by atoms with Crippen molar-refractivity contribution >= 4 is 5.97 Å². The highest BCUT2D eigenvalue weighted by atomic mass is 16.4. The maximum Gasteiger partial charge on any atom is 0.320 e. The van der Waals surface area contributed by atoms with Gasteiger partial charge in [0.05, 0.1) is 0 Å². The van der Waals surface area contributed by atoms with Gasteiger partial charge in [-0.15, -0.1) is 0 Å². The Labute approximate surface area is 120 Å². The zero-order valence-corrected chi connectivity index (χ0v) is 11.9. The molecule has 0 spiro atoms. The average Bonchev–Trinajstić information content (AvgIpc) is 2.47. The molecule has 1 aromatic carbocycles. The molecule has 1 aliphatic heterocycles. The number of piperidine rings is 1. The first kappa shape index (κ1) is 15.0. The molecular formula is C16H24N2O2. The van der Waals surface area contributed by atoms with Gasteiger partial charge < -0.3 is 10.8 Å². The van der Waals surface area contributed by atoms with Crippen molar-refractivity contribution in [2.24, 2.45) is 11.7 Å². The Bertz CT molecular complexity index is 414. The summed E-state index contributed by atoms with van der Waals surface area (Å²) in [7, 11) is 0. The van der Waals surface area contributed by atoms with Crippen LogP contribution in [0.3, 0.4) is 0 Å². The number of nitrogens with zero attached hydrogens (tertiary/aromatic N) is 1. The Kier molecular flexibility index (Phi) is 5.56. The highest BCUT2D eigenvalue weighted by molar-refractivity contribution is 5.73. The molecule has 0 bridgehead atoms. The largest absolute Gasteiger partial charge is 0.480 e. The predicted octanol–water partition coefficient (Wildman–Crippen LogP) is 1.74. The molecule has 1 fully saturated rings. The Morgan fingerprint density at radius 3 is 2.50 bits per heavy atom. The van der Waals surface area contributed by atoms with Crippen LogP contribution < -0.4 is 5.73 Å². The topological polar surface area (TPSA) is 66.6 Å². The monoisotopic (exact) mass is 276 g/mol. The number of benzene rings is 1. The minimum Gasteiger partial charge on any atom is -0.480 e. The summed E-state index contributed by atoms with van der Waals surface area (Å²) in [6.07, 6.45) is 3.79. The van der Waals surface area contributed by atoms with Crippen molar-refractivity contribution in [3.05, 3.63) is 35.9 Å². The van der Waals surface area contributed by atoms with Crippen molar-refractivity contribution in [1.29, 1.82) is 0 Å². The van der Waals surface area contributed by atoms with Gasteiger partial charge in [0.25, 0.3) is 0 Å². The minimum absolute atomic E-state index is 0.405. The van der Waals surface area contributed by atoms with Gasteiger partial charge in [-0.2, -0.15) is 0 Å². The van der Waals surface area contributed by atoms with Gasteiger partial charge in [-0.1, -0.05) is 30.3 Å². The van der Waals surface area contributed by atoms with Gasteiger partial charge in [0.1, 0.15) is 6.04 Å². The fraction of sp³-hybridized carbons (Fsp3) is 0.562. The zero-order chi connectivity index (χ0) is 14.4. The molecule has 0 aromatic heterocycles. The van der Waals surface area contributed by atoms with Gasteiger partial charge >= 0.3 is 5.97 Å². The van der Waals surface area contributed by atoms with Crippen molar-refractivity contribution in [3.8, 4) is 0 Å². The molecule has 1 aromatic rings. The Balaban J connectivity index is 1.84. The normalized spacial score (nSPS) is 18.9. The summed E-state index contributed by atoms with van der Waals surface area (Å²) in [6.45, 7) is 2.17. The second-order valence-electron chi connectivity index (χ2n) is 5.60. The summed E-state index contributed by atoms with van der Waals surface area (Å²) in [5.74, 6) is -0.0714. The molecule has 0 aliphatic carbocycles. The second-order valence-corrected chi connectivity index (χ2v) is 5.60. The first-order valence-corrected chi connectivity index (χ1v) is 7.41. The number of carbonyl (C=O) groups is 1. The third kappa shape index (κ3) is 4.05. The molecule has 4 heteroatoms. The molecule has 1 saturated heterocycles. The molecular weight excluding hydrogens is 252 g/mol. The molecule has 0 radical (unpaired) electrons. The maximum absolute atomic E-state index is 11.3. The van der Waals surface area contributed by atoms with Crippen LogP contribution in [0.1, 0.15) is 24.8 Å². The fourth-order valence-corrected chi connectivity index (χ4v) is 3.04.